The van der Waals surface area contributed by atoms with Gasteiger partial charge in [0.1, 0.15) is 6.04 Å². The second kappa shape index (κ2) is 7.54. The number of piperidine rings is 1. The van der Waals surface area contributed by atoms with E-state index in [1.165, 1.54) is 25.7 Å². The van der Waals surface area contributed by atoms with E-state index in [4.69, 9.17) is 0 Å². The summed E-state index contributed by atoms with van der Waals surface area (Å²) in [7, 11) is 0. The van der Waals surface area contributed by atoms with Crippen molar-refractivity contribution in [2.45, 2.75) is 69.7 Å². The Balaban J connectivity index is 1.18. The molecular weight excluding hydrogens is 368 g/mol. The molecule has 3 amide bonds. The van der Waals surface area contributed by atoms with Crippen LogP contribution in [-0.2, 0) is 22.7 Å². The topological polar surface area (TPSA) is 90.5 Å². The van der Waals surface area contributed by atoms with E-state index in [9.17, 15) is 14.4 Å². The molecule has 3 heterocycles. The average Bonchev–Trinajstić information content (AvgIpc) is 3.36. The summed E-state index contributed by atoms with van der Waals surface area (Å²) in [6.45, 7) is 2.17. The lowest BCUT2D eigenvalue weighted by Gasteiger charge is -2.29. The SMILES string of the molecule is O=C1CCC(N2Cc3cc(CNC[C@@H]4C[C@@H]5CCC[C@@H]5N4)ccc3C2=O)C(=O)N1. The van der Waals surface area contributed by atoms with Crippen molar-refractivity contribution in [1.82, 2.24) is 20.9 Å². The molecule has 3 N–H and O–H groups in total. The molecule has 4 atom stereocenters. The van der Waals surface area contributed by atoms with Crippen LogP contribution < -0.4 is 16.0 Å². The quantitative estimate of drug-likeness (QED) is 0.648. The van der Waals surface area contributed by atoms with E-state index >= 15 is 0 Å². The van der Waals surface area contributed by atoms with Gasteiger partial charge in [0.15, 0.2) is 0 Å². The Hall–Kier alpha value is -2.25. The number of amides is 3. The maximum Gasteiger partial charge on any atom is 0.255 e. The Labute approximate surface area is 170 Å². The summed E-state index contributed by atoms with van der Waals surface area (Å²) in [5.74, 6) is 0.129. The standard InChI is InChI=1S/C22H28N4O3/c27-20-7-6-19(21(28)25-20)26-12-15-8-13(4-5-17(15)22(26)29)10-23-11-16-9-14-2-1-3-18(14)24-16/h4-5,8,14,16,18-19,23-24H,1-3,6-7,9-12H2,(H,25,27,28)/t14-,16-,18-,19?/m0/s1. The molecule has 0 bridgehead atoms. The minimum absolute atomic E-state index is 0.115. The zero-order valence-corrected chi connectivity index (χ0v) is 16.6. The van der Waals surface area contributed by atoms with Crippen LogP contribution in [0.3, 0.4) is 0 Å². The molecule has 4 aliphatic rings. The highest BCUT2D eigenvalue weighted by molar-refractivity contribution is 6.05. The summed E-state index contributed by atoms with van der Waals surface area (Å²) in [4.78, 5) is 37.9. The third kappa shape index (κ3) is 3.57. The summed E-state index contributed by atoms with van der Waals surface area (Å²) in [6.07, 6.45) is 6.02. The molecular formula is C22H28N4O3. The van der Waals surface area contributed by atoms with Crippen LogP contribution in [0.2, 0.25) is 0 Å². The van der Waals surface area contributed by atoms with Crippen LogP contribution in [0.25, 0.3) is 0 Å². The molecule has 0 spiro atoms. The lowest BCUT2D eigenvalue weighted by Crippen LogP contribution is -2.52. The molecule has 7 heteroatoms. The molecule has 3 aliphatic heterocycles. The van der Waals surface area contributed by atoms with Crippen LogP contribution in [0.5, 0.6) is 0 Å². The highest BCUT2D eigenvalue weighted by Crippen LogP contribution is 2.34. The second-order valence-electron chi connectivity index (χ2n) is 8.92. The van der Waals surface area contributed by atoms with Gasteiger partial charge in [-0.15, -0.1) is 0 Å². The van der Waals surface area contributed by atoms with E-state index in [0.717, 1.165) is 36.2 Å². The molecule has 0 radical (unpaired) electrons. The fourth-order valence-corrected chi connectivity index (χ4v) is 5.55. The van der Waals surface area contributed by atoms with Gasteiger partial charge in [-0.1, -0.05) is 18.6 Å². The zero-order chi connectivity index (χ0) is 20.0. The van der Waals surface area contributed by atoms with Crippen molar-refractivity contribution in [2.24, 2.45) is 5.92 Å². The number of imide groups is 1. The number of rotatable bonds is 5. The van der Waals surface area contributed by atoms with E-state index in [2.05, 4.69) is 22.0 Å². The first-order valence-electron chi connectivity index (χ1n) is 10.8. The van der Waals surface area contributed by atoms with Crippen LogP contribution in [0.4, 0.5) is 0 Å². The molecule has 3 fully saturated rings. The normalized spacial score (nSPS) is 31.2. The van der Waals surface area contributed by atoms with Gasteiger partial charge in [-0.2, -0.15) is 0 Å². The summed E-state index contributed by atoms with van der Waals surface area (Å²) < 4.78 is 0. The van der Waals surface area contributed by atoms with E-state index < -0.39 is 6.04 Å². The molecule has 154 valence electrons. The number of hydrogen-bond acceptors (Lipinski definition) is 5. The Kier molecular flexibility index (Phi) is 4.87. The van der Waals surface area contributed by atoms with Crippen LogP contribution in [0.15, 0.2) is 18.2 Å². The fraction of sp³-hybridized carbons (Fsp3) is 0.591. The van der Waals surface area contributed by atoms with E-state index in [-0.39, 0.29) is 24.1 Å². The van der Waals surface area contributed by atoms with Gasteiger partial charge in [-0.3, -0.25) is 19.7 Å². The zero-order valence-electron chi connectivity index (χ0n) is 16.6. The van der Waals surface area contributed by atoms with Crippen molar-refractivity contribution in [3.63, 3.8) is 0 Å². The lowest BCUT2D eigenvalue weighted by molar-refractivity contribution is -0.136. The molecule has 1 aliphatic carbocycles. The Morgan fingerprint density at radius 3 is 2.86 bits per heavy atom. The number of carbonyl (C=O) groups is 3. The van der Waals surface area contributed by atoms with E-state index in [1.54, 1.807) is 4.90 Å². The van der Waals surface area contributed by atoms with Crippen molar-refractivity contribution >= 4 is 17.7 Å². The summed E-state index contributed by atoms with van der Waals surface area (Å²) in [5, 5.41) is 9.67. The maximum absolute atomic E-state index is 12.8. The van der Waals surface area contributed by atoms with Crippen molar-refractivity contribution < 1.29 is 14.4 Å². The molecule has 5 rings (SSSR count). The minimum atomic E-state index is -0.554. The summed E-state index contributed by atoms with van der Waals surface area (Å²) in [6, 6.07) is 6.67. The van der Waals surface area contributed by atoms with E-state index in [0.29, 0.717) is 24.6 Å². The van der Waals surface area contributed by atoms with Gasteiger partial charge in [0.05, 0.1) is 0 Å². The molecule has 1 unspecified atom stereocenters. The van der Waals surface area contributed by atoms with Crippen molar-refractivity contribution in [3.8, 4) is 0 Å². The molecule has 1 aromatic carbocycles. The first kappa shape index (κ1) is 18.8. The smallest absolute Gasteiger partial charge is 0.255 e. The largest absolute Gasteiger partial charge is 0.322 e. The third-order valence-electron chi connectivity index (χ3n) is 7.00. The number of benzene rings is 1. The summed E-state index contributed by atoms with van der Waals surface area (Å²) in [5.41, 5.74) is 2.79. The summed E-state index contributed by atoms with van der Waals surface area (Å²) >= 11 is 0. The first-order valence-corrected chi connectivity index (χ1v) is 10.8. The monoisotopic (exact) mass is 396 g/mol. The highest BCUT2D eigenvalue weighted by Gasteiger charge is 2.39. The Morgan fingerprint density at radius 2 is 2.03 bits per heavy atom. The highest BCUT2D eigenvalue weighted by atomic mass is 16.2. The average molecular weight is 396 g/mol. The van der Waals surface area contributed by atoms with Crippen LogP contribution in [0.1, 0.15) is 60.0 Å². The van der Waals surface area contributed by atoms with Crippen molar-refractivity contribution in [2.75, 3.05) is 6.54 Å². The van der Waals surface area contributed by atoms with E-state index in [1.807, 2.05) is 12.1 Å². The van der Waals surface area contributed by atoms with Gasteiger partial charge >= 0.3 is 0 Å². The predicted octanol–water partition coefficient (Wildman–Crippen LogP) is 1.07. The third-order valence-corrected chi connectivity index (χ3v) is 7.00. The fourth-order valence-electron chi connectivity index (χ4n) is 5.55. The van der Waals surface area contributed by atoms with Gasteiger partial charge in [-0.25, -0.2) is 0 Å². The Bertz CT molecular complexity index is 842. The molecule has 2 saturated heterocycles. The minimum Gasteiger partial charge on any atom is -0.322 e. The molecule has 7 nitrogen and oxygen atoms in total. The molecule has 0 aromatic heterocycles. The van der Waals surface area contributed by atoms with Crippen LogP contribution in [-0.4, -0.2) is 47.3 Å². The van der Waals surface area contributed by atoms with Gasteiger partial charge in [0.25, 0.3) is 5.91 Å². The van der Waals surface area contributed by atoms with Crippen LogP contribution in [0, 0.1) is 5.92 Å². The number of nitrogens with zero attached hydrogens (tertiary/aromatic N) is 1. The number of carbonyl (C=O) groups excluding carboxylic acids is 3. The second-order valence-corrected chi connectivity index (χ2v) is 8.92. The number of fused-ring (bicyclic) bond motifs is 2. The Morgan fingerprint density at radius 1 is 1.14 bits per heavy atom. The van der Waals surface area contributed by atoms with Crippen LogP contribution >= 0.6 is 0 Å². The molecule has 1 saturated carbocycles. The van der Waals surface area contributed by atoms with Gasteiger partial charge < -0.3 is 15.5 Å². The van der Waals surface area contributed by atoms with Gasteiger partial charge in [-0.05, 0) is 48.8 Å². The van der Waals surface area contributed by atoms with Gasteiger partial charge in [0.2, 0.25) is 11.8 Å². The van der Waals surface area contributed by atoms with Gasteiger partial charge in [0, 0.05) is 43.7 Å². The number of hydrogen-bond donors (Lipinski definition) is 3. The lowest BCUT2D eigenvalue weighted by atomic mass is 10.0. The molecule has 1 aromatic rings. The van der Waals surface area contributed by atoms with Crippen molar-refractivity contribution in [1.29, 1.82) is 0 Å². The molecule has 29 heavy (non-hydrogen) atoms. The predicted molar refractivity (Wildman–Crippen MR) is 107 cm³/mol. The van der Waals surface area contributed by atoms with Crippen molar-refractivity contribution in [3.05, 3.63) is 34.9 Å². The first-order chi connectivity index (χ1) is 14.1. The number of nitrogens with one attached hydrogen (secondary N) is 3. The maximum atomic E-state index is 12.8.